The smallest absolute Gasteiger partial charge is 0.114 e. The molecule has 82 valence electrons. The standard InChI is InChI=1S/C13H14N2S/c1-9(2)11-5-3-10(4-6-11)7-12(8-14)13(15)16/h3-7,9H,1-2H3,(H2,15,16)/b12-7-. The average molecular weight is 230 g/mol. The summed E-state index contributed by atoms with van der Waals surface area (Å²) < 4.78 is 0. The minimum Gasteiger partial charge on any atom is -0.389 e. The molecule has 0 saturated heterocycles. The predicted molar refractivity (Wildman–Crippen MR) is 70.9 cm³/mol. The zero-order chi connectivity index (χ0) is 12.1. The quantitative estimate of drug-likeness (QED) is 0.493. The van der Waals surface area contributed by atoms with Crippen molar-refractivity contribution in [2.24, 2.45) is 5.73 Å². The first kappa shape index (κ1) is 12.4. The van der Waals surface area contributed by atoms with E-state index in [2.05, 4.69) is 13.8 Å². The lowest BCUT2D eigenvalue weighted by Gasteiger charge is -2.04. The zero-order valence-electron chi connectivity index (χ0n) is 9.40. The summed E-state index contributed by atoms with van der Waals surface area (Å²) in [6.07, 6.45) is 1.70. The van der Waals surface area contributed by atoms with Gasteiger partial charge in [-0.2, -0.15) is 5.26 Å². The Kier molecular flexibility index (Phi) is 4.21. The molecule has 0 aliphatic rings. The van der Waals surface area contributed by atoms with E-state index in [9.17, 15) is 0 Å². The maximum absolute atomic E-state index is 8.81. The van der Waals surface area contributed by atoms with E-state index in [0.29, 0.717) is 11.5 Å². The monoisotopic (exact) mass is 230 g/mol. The molecule has 0 aliphatic carbocycles. The maximum atomic E-state index is 8.81. The normalized spacial score (nSPS) is 11.2. The fourth-order valence-electron chi connectivity index (χ4n) is 1.30. The third-order valence-electron chi connectivity index (χ3n) is 2.30. The molecule has 0 atom stereocenters. The molecule has 0 fully saturated rings. The van der Waals surface area contributed by atoms with Crippen LogP contribution in [0.15, 0.2) is 29.8 Å². The molecule has 16 heavy (non-hydrogen) atoms. The van der Waals surface area contributed by atoms with Crippen LogP contribution in [-0.4, -0.2) is 4.99 Å². The molecule has 0 heterocycles. The number of thiocarbonyl (C=S) groups is 1. The molecule has 0 saturated carbocycles. The number of hydrogen-bond donors (Lipinski definition) is 1. The lowest BCUT2D eigenvalue weighted by Crippen LogP contribution is -2.09. The molecule has 0 radical (unpaired) electrons. The molecular weight excluding hydrogens is 216 g/mol. The van der Waals surface area contributed by atoms with Gasteiger partial charge in [-0.15, -0.1) is 0 Å². The van der Waals surface area contributed by atoms with Crippen LogP contribution in [0.25, 0.3) is 6.08 Å². The third kappa shape index (κ3) is 3.18. The first-order valence-electron chi connectivity index (χ1n) is 5.06. The lowest BCUT2D eigenvalue weighted by atomic mass is 10.0. The molecular formula is C13H14N2S. The van der Waals surface area contributed by atoms with Crippen molar-refractivity contribution in [1.82, 2.24) is 0 Å². The highest BCUT2D eigenvalue weighted by Crippen LogP contribution is 2.16. The second-order valence-electron chi connectivity index (χ2n) is 3.86. The average Bonchev–Trinajstić information content (AvgIpc) is 2.26. The third-order valence-corrected chi connectivity index (χ3v) is 2.52. The summed E-state index contributed by atoms with van der Waals surface area (Å²) in [7, 11) is 0. The Morgan fingerprint density at radius 3 is 2.31 bits per heavy atom. The van der Waals surface area contributed by atoms with Gasteiger partial charge in [0.2, 0.25) is 0 Å². The molecule has 0 aliphatic heterocycles. The Bertz CT molecular complexity index is 450. The summed E-state index contributed by atoms with van der Waals surface area (Å²) in [5.41, 5.74) is 7.96. The molecule has 1 rings (SSSR count). The summed E-state index contributed by atoms with van der Waals surface area (Å²) in [6, 6.07) is 10.0. The van der Waals surface area contributed by atoms with Crippen molar-refractivity contribution in [3.63, 3.8) is 0 Å². The SMILES string of the molecule is CC(C)c1ccc(/C=C(/C#N)C(N)=S)cc1. The molecule has 1 aromatic rings. The number of hydrogen-bond acceptors (Lipinski definition) is 2. The van der Waals surface area contributed by atoms with Crippen molar-refractivity contribution in [2.45, 2.75) is 19.8 Å². The van der Waals surface area contributed by atoms with E-state index in [1.165, 1.54) is 5.56 Å². The Morgan fingerprint density at radius 1 is 1.38 bits per heavy atom. The van der Waals surface area contributed by atoms with Crippen molar-refractivity contribution in [2.75, 3.05) is 0 Å². The molecule has 0 amide bonds. The van der Waals surface area contributed by atoms with Crippen molar-refractivity contribution >= 4 is 23.3 Å². The second kappa shape index (κ2) is 5.43. The van der Waals surface area contributed by atoms with Crippen LogP contribution in [-0.2, 0) is 0 Å². The van der Waals surface area contributed by atoms with Gasteiger partial charge >= 0.3 is 0 Å². The molecule has 1 aromatic carbocycles. The first-order valence-corrected chi connectivity index (χ1v) is 5.47. The van der Waals surface area contributed by atoms with Crippen LogP contribution in [0.1, 0.15) is 30.9 Å². The molecule has 3 heteroatoms. The second-order valence-corrected chi connectivity index (χ2v) is 4.30. The minimum atomic E-state index is 0.135. The minimum absolute atomic E-state index is 0.135. The Hall–Kier alpha value is -1.66. The zero-order valence-corrected chi connectivity index (χ0v) is 10.2. The van der Waals surface area contributed by atoms with E-state index < -0.39 is 0 Å². The largest absolute Gasteiger partial charge is 0.389 e. The topological polar surface area (TPSA) is 49.8 Å². The van der Waals surface area contributed by atoms with Crippen LogP contribution < -0.4 is 5.73 Å². The fourth-order valence-corrected chi connectivity index (χ4v) is 1.41. The fraction of sp³-hybridized carbons (Fsp3) is 0.231. The van der Waals surface area contributed by atoms with Crippen LogP contribution in [0, 0.1) is 11.3 Å². The Balaban J connectivity index is 3.00. The van der Waals surface area contributed by atoms with E-state index in [1.807, 2.05) is 30.3 Å². The number of rotatable bonds is 3. The number of nitrogens with zero attached hydrogens (tertiary/aromatic N) is 1. The van der Waals surface area contributed by atoms with E-state index >= 15 is 0 Å². The van der Waals surface area contributed by atoms with Gasteiger partial charge in [0.1, 0.15) is 11.1 Å². The van der Waals surface area contributed by atoms with Crippen LogP contribution in [0.4, 0.5) is 0 Å². The van der Waals surface area contributed by atoms with E-state index in [4.69, 9.17) is 23.2 Å². The first-order chi connectivity index (χ1) is 7.54. The van der Waals surface area contributed by atoms with Crippen LogP contribution in [0.5, 0.6) is 0 Å². The lowest BCUT2D eigenvalue weighted by molar-refractivity contribution is 0.866. The number of benzene rings is 1. The van der Waals surface area contributed by atoms with Gasteiger partial charge < -0.3 is 5.73 Å². The van der Waals surface area contributed by atoms with Gasteiger partial charge in [-0.1, -0.05) is 50.3 Å². The van der Waals surface area contributed by atoms with Crippen molar-refractivity contribution in [3.05, 3.63) is 41.0 Å². The maximum Gasteiger partial charge on any atom is 0.114 e. The van der Waals surface area contributed by atoms with Crippen LogP contribution in [0.3, 0.4) is 0 Å². The van der Waals surface area contributed by atoms with Gasteiger partial charge in [0.05, 0.1) is 5.57 Å². The van der Waals surface area contributed by atoms with Crippen molar-refractivity contribution < 1.29 is 0 Å². The summed E-state index contributed by atoms with van der Waals surface area (Å²) in [4.78, 5) is 0.135. The summed E-state index contributed by atoms with van der Waals surface area (Å²) in [6.45, 7) is 4.28. The van der Waals surface area contributed by atoms with E-state index in [-0.39, 0.29) is 4.99 Å². The molecule has 0 unspecified atom stereocenters. The van der Waals surface area contributed by atoms with Gasteiger partial charge in [0, 0.05) is 0 Å². The van der Waals surface area contributed by atoms with E-state index in [0.717, 1.165) is 5.56 Å². The van der Waals surface area contributed by atoms with Gasteiger partial charge in [0.25, 0.3) is 0 Å². The van der Waals surface area contributed by atoms with E-state index in [1.54, 1.807) is 6.08 Å². The molecule has 0 spiro atoms. The van der Waals surface area contributed by atoms with Crippen molar-refractivity contribution in [1.29, 1.82) is 5.26 Å². The van der Waals surface area contributed by atoms with Crippen LogP contribution in [0.2, 0.25) is 0 Å². The summed E-state index contributed by atoms with van der Waals surface area (Å²) in [5.74, 6) is 0.504. The summed E-state index contributed by atoms with van der Waals surface area (Å²) >= 11 is 4.77. The van der Waals surface area contributed by atoms with Gasteiger partial charge in [-0.25, -0.2) is 0 Å². The molecule has 2 N–H and O–H groups in total. The highest BCUT2D eigenvalue weighted by molar-refractivity contribution is 7.80. The molecule has 2 nitrogen and oxygen atoms in total. The van der Waals surface area contributed by atoms with Gasteiger partial charge in [0.15, 0.2) is 0 Å². The van der Waals surface area contributed by atoms with Gasteiger partial charge in [-0.3, -0.25) is 0 Å². The highest BCUT2D eigenvalue weighted by Gasteiger charge is 2.01. The van der Waals surface area contributed by atoms with Crippen molar-refractivity contribution in [3.8, 4) is 6.07 Å². The molecule has 0 bridgehead atoms. The number of nitrogens with two attached hydrogens (primary N) is 1. The van der Waals surface area contributed by atoms with Gasteiger partial charge in [-0.05, 0) is 23.1 Å². The Labute approximate surface area is 101 Å². The molecule has 0 aromatic heterocycles. The van der Waals surface area contributed by atoms with Crippen LogP contribution >= 0.6 is 12.2 Å². The Morgan fingerprint density at radius 2 is 1.94 bits per heavy atom. The highest BCUT2D eigenvalue weighted by atomic mass is 32.1. The summed E-state index contributed by atoms with van der Waals surface area (Å²) in [5, 5.41) is 8.81. The predicted octanol–water partition coefficient (Wildman–Crippen LogP) is 3.00. The number of nitriles is 1.